The minimum Gasteiger partial charge on any atom is -0.457 e. The summed E-state index contributed by atoms with van der Waals surface area (Å²) in [5.74, 6) is -0.622. The van der Waals surface area contributed by atoms with Crippen LogP contribution in [0.25, 0.3) is 0 Å². The van der Waals surface area contributed by atoms with Crippen molar-refractivity contribution in [1.82, 2.24) is 4.31 Å². The first-order chi connectivity index (χ1) is 12.0. The maximum atomic E-state index is 12.8. The maximum absolute atomic E-state index is 12.8. The second-order valence-corrected chi connectivity index (χ2v) is 8.52. The zero-order chi connectivity index (χ0) is 17.9. The van der Waals surface area contributed by atoms with Gasteiger partial charge in [-0.05, 0) is 23.9 Å². The van der Waals surface area contributed by atoms with Crippen molar-refractivity contribution in [2.75, 3.05) is 26.3 Å². The van der Waals surface area contributed by atoms with E-state index >= 15 is 0 Å². The first kappa shape index (κ1) is 18.1. The van der Waals surface area contributed by atoms with Crippen molar-refractivity contribution in [2.24, 2.45) is 0 Å². The standard InChI is InChI=1S/C17H19NO5S2/c1-13-3-2-4-14(11-13)12-23-17(19)16-15(5-10-24-16)25(20,21)18-6-8-22-9-7-18/h2-5,10-11H,6-9,12H2,1H3. The average molecular weight is 381 g/mol. The number of thiophene rings is 1. The molecule has 1 fully saturated rings. The Bertz CT molecular complexity index is 853. The van der Waals surface area contributed by atoms with Crippen LogP contribution in [0.5, 0.6) is 0 Å². The van der Waals surface area contributed by atoms with Gasteiger partial charge in [0.25, 0.3) is 0 Å². The van der Waals surface area contributed by atoms with Gasteiger partial charge in [0.1, 0.15) is 16.4 Å². The maximum Gasteiger partial charge on any atom is 0.350 e. The highest BCUT2D eigenvalue weighted by Crippen LogP contribution is 2.27. The lowest BCUT2D eigenvalue weighted by atomic mass is 10.1. The van der Waals surface area contributed by atoms with E-state index in [0.29, 0.717) is 13.2 Å². The molecule has 0 bridgehead atoms. The van der Waals surface area contributed by atoms with Gasteiger partial charge in [-0.3, -0.25) is 0 Å². The average Bonchev–Trinajstić information content (AvgIpc) is 3.11. The SMILES string of the molecule is Cc1cccc(COC(=O)c2sccc2S(=O)(=O)N2CCOCC2)c1. The molecule has 0 amide bonds. The number of carbonyl (C=O) groups excluding carboxylic acids is 1. The molecule has 1 aliphatic heterocycles. The normalized spacial score (nSPS) is 15.9. The lowest BCUT2D eigenvalue weighted by Crippen LogP contribution is -2.40. The highest BCUT2D eigenvalue weighted by Gasteiger charge is 2.31. The molecule has 0 atom stereocenters. The third-order valence-corrected chi connectivity index (χ3v) is 6.82. The van der Waals surface area contributed by atoms with Crippen LogP contribution in [0.2, 0.25) is 0 Å². The van der Waals surface area contributed by atoms with Gasteiger partial charge in [-0.25, -0.2) is 13.2 Å². The number of nitrogens with zero attached hydrogens (tertiary/aromatic N) is 1. The van der Waals surface area contributed by atoms with E-state index in [-0.39, 0.29) is 29.5 Å². The molecule has 2 heterocycles. The van der Waals surface area contributed by atoms with E-state index in [1.54, 1.807) is 5.38 Å². The van der Waals surface area contributed by atoms with Crippen LogP contribution in [0.4, 0.5) is 0 Å². The van der Waals surface area contributed by atoms with Gasteiger partial charge in [-0.2, -0.15) is 4.31 Å². The third-order valence-electron chi connectivity index (χ3n) is 3.85. The van der Waals surface area contributed by atoms with Crippen molar-refractivity contribution in [2.45, 2.75) is 18.4 Å². The molecular formula is C17H19NO5S2. The van der Waals surface area contributed by atoms with E-state index in [2.05, 4.69) is 0 Å². The Morgan fingerprint density at radius 3 is 2.76 bits per heavy atom. The number of hydrogen-bond acceptors (Lipinski definition) is 6. The van der Waals surface area contributed by atoms with E-state index in [1.807, 2.05) is 31.2 Å². The second-order valence-electron chi connectivity index (χ2n) is 5.70. The van der Waals surface area contributed by atoms with Crippen LogP contribution in [0.3, 0.4) is 0 Å². The molecule has 2 aromatic rings. The second kappa shape index (κ2) is 7.65. The molecule has 1 aromatic heterocycles. The van der Waals surface area contributed by atoms with E-state index < -0.39 is 16.0 Å². The fourth-order valence-electron chi connectivity index (χ4n) is 2.59. The third kappa shape index (κ3) is 4.09. The molecule has 0 radical (unpaired) electrons. The summed E-state index contributed by atoms with van der Waals surface area (Å²) >= 11 is 1.08. The van der Waals surface area contributed by atoms with E-state index in [9.17, 15) is 13.2 Å². The minimum atomic E-state index is -3.72. The molecule has 0 N–H and O–H groups in total. The summed E-state index contributed by atoms with van der Waals surface area (Å²) in [4.78, 5) is 12.5. The largest absolute Gasteiger partial charge is 0.457 e. The number of morpholine rings is 1. The van der Waals surface area contributed by atoms with Crippen molar-refractivity contribution < 1.29 is 22.7 Å². The topological polar surface area (TPSA) is 72.9 Å². The molecule has 1 aliphatic rings. The van der Waals surface area contributed by atoms with Crippen LogP contribution in [-0.4, -0.2) is 45.0 Å². The zero-order valence-corrected chi connectivity index (χ0v) is 15.4. The smallest absolute Gasteiger partial charge is 0.350 e. The summed E-state index contributed by atoms with van der Waals surface area (Å²) in [5.41, 5.74) is 1.93. The summed E-state index contributed by atoms with van der Waals surface area (Å²) in [6.45, 7) is 3.35. The van der Waals surface area contributed by atoms with Crippen molar-refractivity contribution in [3.8, 4) is 0 Å². The Labute approximate surface area is 151 Å². The number of ether oxygens (including phenoxy) is 2. The number of carbonyl (C=O) groups is 1. The predicted octanol–water partition coefficient (Wildman–Crippen LogP) is 2.43. The van der Waals surface area contributed by atoms with Crippen molar-refractivity contribution >= 4 is 27.3 Å². The van der Waals surface area contributed by atoms with Gasteiger partial charge >= 0.3 is 5.97 Å². The van der Waals surface area contributed by atoms with Gasteiger partial charge in [0.2, 0.25) is 10.0 Å². The Morgan fingerprint density at radius 1 is 1.28 bits per heavy atom. The van der Waals surface area contributed by atoms with Gasteiger partial charge in [-0.15, -0.1) is 11.3 Å². The minimum absolute atomic E-state index is 0.00800. The molecule has 6 nitrogen and oxygen atoms in total. The number of rotatable bonds is 5. The van der Waals surface area contributed by atoms with E-state index in [4.69, 9.17) is 9.47 Å². The molecule has 3 rings (SSSR count). The summed E-state index contributed by atoms with van der Waals surface area (Å²) in [5, 5.41) is 1.59. The Morgan fingerprint density at radius 2 is 2.04 bits per heavy atom. The van der Waals surface area contributed by atoms with E-state index in [0.717, 1.165) is 22.5 Å². The van der Waals surface area contributed by atoms with Crippen molar-refractivity contribution in [1.29, 1.82) is 0 Å². The first-order valence-electron chi connectivity index (χ1n) is 7.86. The van der Waals surface area contributed by atoms with Crippen molar-refractivity contribution in [3.63, 3.8) is 0 Å². The van der Waals surface area contributed by atoms with Crippen LogP contribution in [-0.2, 0) is 26.1 Å². The molecule has 0 saturated carbocycles. The van der Waals surface area contributed by atoms with Crippen LogP contribution in [0.1, 0.15) is 20.8 Å². The van der Waals surface area contributed by atoms with Crippen LogP contribution >= 0.6 is 11.3 Å². The lowest BCUT2D eigenvalue weighted by molar-refractivity contribution is 0.0473. The molecule has 8 heteroatoms. The monoisotopic (exact) mass is 381 g/mol. The summed E-state index contributed by atoms with van der Waals surface area (Å²) in [6.07, 6.45) is 0. The van der Waals surface area contributed by atoms with Crippen LogP contribution < -0.4 is 0 Å². The number of aryl methyl sites for hydroxylation is 1. The highest BCUT2D eigenvalue weighted by atomic mass is 32.2. The molecule has 134 valence electrons. The number of sulfonamides is 1. The molecule has 0 aliphatic carbocycles. The predicted molar refractivity (Wildman–Crippen MR) is 94.2 cm³/mol. The van der Waals surface area contributed by atoms with Crippen LogP contribution in [0, 0.1) is 6.92 Å². The Balaban J connectivity index is 1.75. The molecular weight excluding hydrogens is 362 g/mol. The summed E-state index contributed by atoms with van der Waals surface area (Å²) in [7, 11) is -3.72. The zero-order valence-electron chi connectivity index (χ0n) is 13.8. The fraction of sp³-hybridized carbons (Fsp3) is 0.353. The molecule has 1 aromatic carbocycles. The highest BCUT2D eigenvalue weighted by molar-refractivity contribution is 7.89. The fourth-order valence-corrected chi connectivity index (χ4v) is 5.28. The number of hydrogen-bond donors (Lipinski definition) is 0. The van der Waals surface area contributed by atoms with Gasteiger partial charge < -0.3 is 9.47 Å². The van der Waals surface area contributed by atoms with Gasteiger partial charge in [0.15, 0.2) is 0 Å². The van der Waals surface area contributed by atoms with Gasteiger partial charge in [0, 0.05) is 13.1 Å². The van der Waals surface area contributed by atoms with Crippen molar-refractivity contribution in [3.05, 3.63) is 51.7 Å². The van der Waals surface area contributed by atoms with E-state index in [1.165, 1.54) is 10.4 Å². The first-order valence-corrected chi connectivity index (χ1v) is 10.2. The lowest BCUT2D eigenvalue weighted by Gasteiger charge is -2.25. The van der Waals surface area contributed by atoms with Gasteiger partial charge in [-0.1, -0.05) is 29.8 Å². The molecule has 0 unspecified atom stereocenters. The van der Waals surface area contributed by atoms with Gasteiger partial charge in [0.05, 0.1) is 13.2 Å². The number of esters is 1. The summed E-state index contributed by atoms with van der Waals surface area (Å²) < 4.78 is 37.4. The molecule has 1 saturated heterocycles. The summed E-state index contributed by atoms with van der Waals surface area (Å²) in [6, 6.07) is 9.08. The van der Waals surface area contributed by atoms with Crippen LogP contribution in [0.15, 0.2) is 40.6 Å². The molecule has 0 spiro atoms. The quantitative estimate of drug-likeness (QED) is 0.744. The number of benzene rings is 1. The Kier molecular flexibility index (Phi) is 5.53. The Hall–Kier alpha value is -1.74. The molecule has 25 heavy (non-hydrogen) atoms.